The van der Waals surface area contributed by atoms with Crippen molar-refractivity contribution < 1.29 is 27.5 Å². The first-order valence-electron chi connectivity index (χ1n) is 13.0. The number of carbonyl (C=O) groups is 2. The summed E-state index contributed by atoms with van der Waals surface area (Å²) >= 11 is 0. The van der Waals surface area contributed by atoms with Crippen LogP contribution in [0.3, 0.4) is 0 Å². The number of piperidine rings is 1. The lowest BCUT2D eigenvalue weighted by Crippen LogP contribution is -2.48. The van der Waals surface area contributed by atoms with Crippen LogP contribution in [0.5, 0.6) is 0 Å². The molecule has 1 saturated heterocycles. The van der Waals surface area contributed by atoms with Crippen LogP contribution in [0.25, 0.3) is 0 Å². The molecule has 3 aromatic carbocycles. The summed E-state index contributed by atoms with van der Waals surface area (Å²) in [5.41, 5.74) is 1.69. The third-order valence-corrected chi connectivity index (χ3v) is 7.65. The summed E-state index contributed by atoms with van der Waals surface area (Å²) in [4.78, 5) is 29.5. The van der Waals surface area contributed by atoms with Crippen molar-refractivity contribution in [1.82, 2.24) is 9.80 Å². The lowest BCUT2D eigenvalue weighted by Gasteiger charge is -2.44. The molecule has 0 saturated carbocycles. The Morgan fingerprint density at radius 3 is 2.41 bits per heavy atom. The second-order valence-electron chi connectivity index (χ2n) is 10.3. The number of halogens is 3. The Labute approximate surface area is 225 Å². The van der Waals surface area contributed by atoms with E-state index in [1.165, 1.54) is 36.4 Å². The minimum Gasteiger partial charge on any atom is -0.438 e. The van der Waals surface area contributed by atoms with E-state index in [1.54, 1.807) is 42.3 Å². The van der Waals surface area contributed by atoms with E-state index in [2.05, 4.69) is 10.2 Å². The molecule has 204 valence electrons. The SMILES string of the molecule is CN(Cc1cccc(F)c1)C(=O)C(CCN1CCC2(CC1)OC(=O)Nc1ccc(F)cc12)c1ccc(F)cc1. The first-order valence-corrected chi connectivity index (χ1v) is 13.0. The summed E-state index contributed by atoms with van der Waals surface area (Å²) < 4.78 is 47.1. The van der Waals surface area contributed by atoms with Crippen molar-refractivity contribution >= 4 is 17.7 Å². The van der Waals surface area contributed by atoms with Crippen LogP contribution in [0, 0.1) is 17.5 Å². The molecule has 6 nitrogen and oxygen atoms in total. The fourth-order valence-corrected chi connectivity index (χ4v) is 5.57. The van der Waals surface area contributed by atoms with Crippen LogP contribution in [0.1, 0.15) is 41.9 Å². The van der Waals surface area contributed by atoms with Crippen LogP contribution < -0.4 is 5.32 Å². The molecule has 5 rings (SSSR count). The van der Waals surface area contributed by atoms with Crippen LogP contribution in [-0.2, 0) is 21.7 Å². The normalized spacial score (nSPS) is 17.2. The van der Waals surface area contributed by atoms with Crippen molar-refractivity contribution in [2.24, 2.45) is 0 Å². The van der Waals surface area contributed by atoms with Gasteiger partial charge in [0.25, 0.3) is 0 Å². The van der Waals surface area contributed by atoms with E-state index >= 15 is 0 Å². The number of likely N-dealkylation sites (N-methyl/N-ethyl adjacent to an activating group) is 1. The Bertz CT molecular complexity index is 1360. The third-order valence-electron chi connectivity index (χ3n) is 7.65. The molecule has 0 aromatic heterocycles. The summed E-state index contributed by atoms with van der Waals surface area (Å²) in [6.45, 7) is 2.01. The van der Waals surface area contributed by atoms with Gasteiger partial charge in [0.15, 0.2) is 0 Å². The van der Waals surface area contributed by atoms with Gasteiger partial charge in [0.05, 0.1) is 11.6 Å². The van der Waals surface area contributed by atoms with Gasteiger partial charge in [-0.3, -0.25) is 10.1 Å². The monoisotopic (exact) mass is 537 g/mol. The quantitative estimate of drug-likeness (QED) is 0.415. The van der Waals surface area contributed by atoms with E-state index in [9.17, 15) is 22.8 Å². The van der Waals surface area contributed by atoms with Crippen LogP contribution >= 0.6 is 0 Å². The van der Waals surface area contributed by atoms with Crippen molar-refractivity contribution in [2.45, 2.75) is 37.3 Å². The topological polar surface area (TPSA) is 61.9 Å². The number of rotatable bonds is 7. The number of nitrogens with zero attached hydrogens (tertiary/aromatic N) is 2. The average Bonchev–Trinajstić information content (AvgIpc) is 2.91. The molecule has 1 unspecified atom stereocenters. The summed E-state index contributed by atoms with van der Waals surface area (Å²) in [6, 6.07) is 16.3. The van der Waals surface area contributed by atoms with Crippen molar-refractivity contribution in [2.75, 3.05) is 32.0 Å². The Morgan fingerprint density at radius 1 is 1.00 bits per heavy atom. The fraction of sp³-hybridized carbons (Fsp3) is 0.333. The van der Waals surface area contributed by atoms with Crippen molar-refractivity contribution in [3.63, 3.8) is 0 Å². The van der Waals surface area contributed by atoms with E-state index in [1.807, 2.05) is 0 Å². The van der Waals surface area contributed by atoms with Crippen molar-refractivity contribution in [3.05, 3.63) is 101 Å². The molecule has 1 atom stereocenters. The Morgan fingerprint density at radius 2 is 1.69 bits per heavy atom. The molecule has 2 aliphatic heterocycles. The summed E-state index contributed by atoms with van der Waals surface area (Å²) in [5, 5.41) is 2.64. The second-order valence-corrected chi connectivity index (χ2v) is 10.3. The molecule has 3 aromatic rings. The maximum Gasteiger partial charge on any atom is 0.412 e. The Hall–Kier alpha value is -3.85. The summed E-state index contributed by atoms with van der Waals surface area (Å²) in [7, 11) is 1.68. The van der Waals surface area contributed by atoms with E-state index < -0.39 is 23.4 Å². The Kier molecular flexibility index (Phi) is 7.61. The molecule has 0 radical (unpaired) electrons. The molecule has 2 amide bonds. The molecule has 1 spiro atoms. The summed E-state index contributed by atoms with van der Waals surface area (Å²) in [5.74, 6) is -1.80. The lowest BCUT2D eigenvalue weighted by atomic mass is 9.82. The molecule has 2 aliphatic rings. The van der Waals surface area contributed by atoms with Gasteiger partial charge in [-0.1, -0.05) is 24.3 Å². The molecular weight excluding hydrogens is 507 g/mol. The van der Waals surface area contributed by atoms with Crippen LogP contribution in [-0.4, -0.2) is 48.5 Å². The highest BCUT2D eigenvalue weighted by Crippen LogP contribution is 2.44. The lowest BCUT2D eigenvalue weighted by molar-refractivity contribution is -0.132. The van der Waals surface area contributed by atoms with Crippen LogP contribution in [0.4, 0.5) is 23.7 Å². The molecular formula is C30H30F3N3O3. The first-order chi connectivity index (χ1) is 18.7. The number of amides is 2. The number of hydrogen-bond donors (Lipinski definition) is 1. The predicted molar refractivity (Wildman–Crippen MR) is 140 cm³/mol. The minimum absolute atomic E-state index is 0.143. The van der Waals surface area contributed by atoms with Gasteiger partial charge in [-0.15, -0.1) is 0 Å². The minimum atomic E-state index is -0.895. The summed E-state index contributed by atoms with van der Waals surface area (Å²) in [6.07, 6.45) is 0.917. The van der Waals surface area contributed by atoms with Gasteiger partial charge in [-0.05, 0) is 66.6 Å². The number of benzene rings is 3. The van der Waals surface area contributed by atoms with Gasteiger partial charge < -0.3 is 14.5 Å². The van der Waals surface area contributed by atoms with Crippen LogP contribution in [0.15, 0.2) is 66.7 Å². The highest BCUT2D eigenvalue weighted by molar-refractivity contribution is 5.89. The molecule has 0 aliphatic carbocycles. The smallest absolute Gasteiger partial charge is 0.412 e. The fourth-order valence-electron chi connectivity index (χ4n) is 5.57. The van der Waals surface area contributed by atoms with Crippen LogP contribution in [0.2, 0.25) is 0 Å². The van der Waals surface area contributed by atoms with E-state index in [0.29, 0.717) is 61.3 Å². The number of carbonyl (C=O) groups excluding carboxylic acids is 2. The second kappa shape index (κ2) is 11.1. The van der Waals surface area contributed by atoms with Crippen molar-refractivity contribution in [3.8, 4) is 0 Å². The predicted octanol–water partition coefficient (Wildman–Crippen LogP) is 5.79. The van der Waals surface area contributed by atoms with Gasteiger partial charge >= 0.3 is 6.09 Å². The molecule has 1 N–H and O–H groups in total. The number of likely N-dealkylation sites (tertiary alicyclic amines) is 1. The first kappa shape index (κ1) is 26.7. The highest BCUT2D eigenvalue weighted by Gasteiger charge is 2.44. The maximum atomic E-state index is 14.0. The van der Waals surface area contributed by atoms with Gasteiger partial charge in [0.2, 0.25) is 5.91 Å². The molecule has 39 heavy (non-hydrogen) atoms. The van der Waals surface area contributed by atoms with Gasteiger partial charge in [0, 0.05) is 45.1 Å². The van der Waals surface area contributed by atoms with E-state index in [0.717, 1.165) is 0 Å². The number of nitrogens with one attached hydrogen (secondary N) is 1. The zero-order valence-corrected chi connectivity index (χ0v) is 21.6. The van der Waals surface area contributed by atoms with Gasteiger partial charge in [0.1, 0.15) is 23.1 Å². The van der Waals surface area contributed by atoms with E-state index in [4.69, 9.17) is 4.74 Å². The van der Waals surface area contributed by atoms with Crippen molar-refractivity contribution in [1.29, 1.82) is 0 Å². The van der Waals surface area contributed by atoms with E-state index in [-0.39, 0.29) is 24.1 Å². The highest BCUT2D eigenvalue weighted by atomic mass is 19.1. The molecule has 9 heteroatoms. The third kappa shape index (κ3) is 5.93. The number of anilines is 1. The zero-order valence-electron chi connectivity index (χ0n) is 21.6. The number of fused-ring (bicyclic) bond motifs is 2. The van der Waals surface area contributed by atoms with Gasteiger partial charge in [-0.2, -0.15) is 0 Å². The number of ether oxygens (including phenoxy) is 1. The maximum absolute atomic E-state index is 14.0. The average molecular weight is 538 g/mol. The van der Waals surface area contributed by atoms with Gasteiger partial charge in [-0.25, -0.2) is 18.0 Å². The Balaban J connectivity index is 1.27. The largest absolute Gasteiger partial charge is 0.438 e. The molecule has 0 bridgehead atoms. The molecule has 2 heterocycles. The molecule has 1 fully saturated rings. The standard InChI is InChI=1S/C30H30F3N3O3/c1-35(19-20-3-2-4-23(32)17-20)28(37)25(21-5-7-22(31)8-6-21)11-14-36-15-12-30(13-16-36)26-18-24(33)9-10-27(26)34-29(38)39-30/h2-10,17-18,25H,11-16,19H2,1H3,(H,34,38). The number of hydrogen-bond acceptors (Lipinski definition) is 4. The zero-order chi connectivity index (χ0) is 27.6.